The van der Waals surface area contributed by atoms with Crippen molar-refractivity contribution >= 4 is 17.3 Å². The number of hydrogen-bond acceptors (Lipinski definition) is 3. The van der Waals surface area contributed by atoms with Crippen molar-refractivity contribution in [3.05, 3.63) is 29.6 Å². The first-order chi connectivity index (χ1) is 7.07. The van der Waals surface area contributed by atoms with E-state index in [2.05, 4.69) is 0 Å². The minimum atomic E-state index is -1.21. The highest BCUT2D eigenvalue weighted by Crippen LogP contribution is 2.26. The van der Waals surface area contributed by atoms with Crippen LogP contribution in [0.4, 0.5) is 10.1 Å². The van der Waals surface area contributed by atoms with Gasteiger partial charge in [-0.15, -0.1) is 11.6 Å². The Morgan fingerprint density at radius 1 is 1.40 bits per heavy atom. The van der Waals surface area contributed by atoms with Gasteiger partial charge >= 0.3 is 0 Å². The molecule has 5 heteroatoms. The Labute approximate surface area is 92.3 Å². The molecule has 1 aromatic carbocycles. The number of nitrogens with two attached hydrogens (primary N) is 1. The van der Waals surface area contributed by atoms with Crippen molar-refractivity contribution in [3.63, 3.8) is 0 Å². The highest BCUT2D eigenvalue weighted by atomic mass is 35.5. The minimum Gasteiger partial charge on any atom is -0.396 e. The molecular weight excluding hydrogens is 221 g/mol. The molecule has 4 N–H and O–H groups in total. The predicted molar refractivity (Wildman–Crippen MR) is 57.1 cm³/mol. The third kappa shape index (κ3) is 2.81. The van der Waals surface area contributed by atoms with E-state index in [1.807, 2.05) is 0 Å². The summed E-state index contributed by atoms with van der Waals surface area (Å²) in [4.78, 5) is 0. The third-order valence-corrected chi connectivity index (χ3v) is 2.39. The van der Waals surface area contributed by atoms with Gasteiger partial charge in [-0.2, -0.15) is 0 Å². The van der Waals surface area contributed by atoms with Gasteiger partial charge < -0.3 is 15.9 Å². The van der Waals surface area contributed by atoms with Crippen molar-refractivity contribution in [2.75, 3.05) is 11.6 Å². The Morgan fingerprint density at radius 3 is 2.67 bits per heavy atom. The maximum atomic E-state index is 13.0. The molecule has 0 spiro atoms. The molecule has 1 aromatic rings. The van der Waals surface area contributed by atoms with Crippen molar-refractivity contribution in [3.8, 4) is 0 Å². The van der Waals surface area contributed by atoms with Crippen LogP contribution < -0.4 is 5.73 Å². The van der Waals surface area contributed by atoms with Crippen molar-refractivity contribution in [1.29, 1.82) is 0 Å². The molecule has 15 heavy (non-hydrogen) atoms. The van der Waals surface area contributed by atoms with Crippen molar-refractivity contribution < 1.29 is 14.6 Å². The summed E-state index contributed by atoms with van der Waals surface area (Å²) in [6, 6.07) is 4.09. The average Bonchev–Trinajstić information content (AvgIpc) is 2.21. The second-order valence-electron chi connectivity index (χ2n) is 3.23. The van der Waals surface area contributed by atoms with E-state index in [1.165, 1.54) is 18.2 Å². The number of rotatable bonds is 4. The predicted octanol–water partition coefficient (Wildman–Crippen LogP) is 1.43. The molecule has 0 aliphatic heterocycles. The van der Waals surface area contributed by atoms with Gasteiger partial charge in [-0.25, -0.2) is 4.39 Å². The molecule has 0 aliphatic carbocycles. The maximum Gasteiger partial charge on any atom is 0.146 e. The van der Waals surface area contributed by atoms with Gasteiger partial charge in [0.25, 0.3) is 0 Å². The van der Waals surface area contributed by atoms with Crippen LogP contribution in [0.5, 0.6) is 0 Å². The van der Waals surface area contributed by atoms with Gasteiger partial charge in [-0.05, 0) is 12.5 Å². The van der Waals surface area contributed by atoms with E-state index in [0.717, 1.165) is 0 Å². The van der Waals surface area contributed by atoms with Crippen LogP contribution in [0, 0.1) is 5.82 Å². The standard InChI is InChI=1S/C10H13ClFNO2/c11-5-4-8(14)10(15)6-2-1-3-7(12)9(6)13/h1-3,8,10,14-15H,4-5,13H2. The van der Waals surface area contributed by atoms with Crippen LogP contribution >= 0.6 is 11.6 Å². The van der Waals surface area contributed by atoms with Crippen molar-refractivity contribution in [2.24, 2.45) is 0 Å². The van der Waals surface area contributed by atoms with Gasteiger partial charge in [0, 0.05) is 11.4 Å². The SMILES string of the molecule is Nc1c(F)cccc1C(O)C(O)CCCl. The van der Waals surface area contributed by atoms with E-state index in [-0.39, 0.29) is 23.6 Å². The largest absolute Gasteiger partial charge is 0.396 e. The molecule has 0 heterocycles. The van der Waals surface area contributed by atoms with Gasteiger partial charge in [0.1, 0.15) is 11.9 Å². The van der Waals surface area contributed by atoms with E-state index in [0.29, 0.717) is 0 Å². The van der Waals surface area contributed by atoms with Gasteiger partial charge in [0.15, 0.2) is 0 Å². The number of para-hydroxylation sites is 1. The van der Waals surface area contributed by atoms with Gasteiger partial charge in [0.2, 0.25) is 0 Å². The third-order valence-electron chi connectivity index (χ3n) is 2.17. The summed E-state index contributed by atoms with van der Waals surface area (Å²) in [6.45, 7) is 0. The quantitative estimate of drug-likeness (QED) is 0.545. The summed E-state index contributed by atoms with van der Waals surface area (Å²) in [5, 5.41) is 19.1. The highest BCUT2D eigenvalue weighted by Gasteiger charge is 2.21. The molecule has 0 saturated heterocycles. The Bertz CT molecular complexity index is 335. The molecule has 0 radical (unpaired) electrons. The first kappa shape index (κ1) is 12.2. The van der Waals surface area contributed by atoms with Crippen LogP contribution in [0.1, 0.15) is 18.1 Å². The second kappa shape index (κ2) is 5.30. The second-order valence-corrected chi connectivity index (χ2v) is 3.61. The molecule has 2 atom stereocenters. The summed E-state index contributed by atoms with van der Waals surface area (Å²) >= 11 is 5.42. The number of nitrogen functional groups attached to an aromatic ring is 1. The number of aliphatic hydroxyl groups excluding tert-OH is 2. The lowest BCUT2D eigenvalue weighted by molar-refractivity contribution is 0.0173. The lowest BCUT2D eigenvalue weighted by Crippen LogP contribution is -2.20. The van der Waals surface area contributed by atoms with Crippen LogP contribution in [0.15, 0.2) is 18.2 Å². The Morgan fingerprint density at radius 2 is 2.07 bits per heavy atom. The summed E-state index contributed by atoms with van der Waals surface area (Å²) in [7, 11) is 0. The normalized spacial score (nSPS) is 14.9. The lowest BCUT2D eigenvalue weighted by atomic mass is 10.0. The average molecular weight is 234 g/mol. The number of hydrogen-bond donors (Lipinski definition) is 3. The highest BCUT2D eigenvalue weighted by molar-refractivity contribution is 6.17. The fourth-order valence-electron chi connectivity index (χ4n) is 1.29. The van der Waals surface area contributed by atoms with E-state index >= 15 is 0 Å². The minimum absolute atomic E-state index is 0.140. The van der Waals surface area contributed by atoms with E-state index in [4.69, 9.17) is 17.3 Å². The molecule has 2 unspecified atom stereocenters. The fraction of sp³-hybridized carbons (Fsp3) is 0.400. The molecule has 0 saturated carbocycles. The van der Waals surface area contributed by atoms with Gasteiger partial charge in [0.05, 0.1) is 11.8 Å². The van der Waals surface area contributed by atoms with Crippen LogP contribution in [0.25, 0.3) is 0 Å². The first-order valence-corrected chi connectivity index (χ1v) is 5.07. The summed E-state index contributed by atoms with van der Waals surface area (Å²) in [6.07, 6.45) is -2.02. The molecule has 3 nitrogen and oxygen atoms in total. The molecule has 0 amide bonds. The molecule has 84 valence electrons. The Balaban J connectivity index is 2.90. The van der Waals surface area contributed by atoms with Crippen LogP contribution in [-0.2, 0) is 0 Å². The zero-order valence-corrected chi connectivity index (χ0v) is 8.78. The topological polar surface area (TPSA) is 66.5 Å². The van der Waals surface area contributed by atoms with Crippen molar-refractivity contribution in [2.45, 2.75) is 18.6 Å². The smallest absolute Gasteiger partial charge is 0.146 e. The Kier molecular flexibility index (Phi) is 4.32. The zero-order valence-electron chi connectivity index (χ0n) is 8.03. The lowest BCUT2D eigenvalue weighted by Gasteiger charge is -2.18. The fourth-order valence-corrected chi connectivity index (χ4v) is 1.51. The van der Waals surface area contributed by atoms with Crippen molar-refractivity contribution in [1.82, 2.24) is 0 Å². The summed E-state index contributed by atoms with van der Waals surface area (Å²) in [5.41, 5.74) is 5.49. The summed E-state index contributed by atoms with van der Waals surface area (Å²) < 4.78 is 13.0. The van der Waals surface area contributed by atoms with E-state index in [1.54, 1.807) is 0 Å². The summed E-state index contributed by atoms with van der Waals surface area (Å²) in [5.74, 6) is -0.391. The first-order valence-electron chi connectivity index (χ1n) is 4.54. The maximum absolute atomic E-state index is 13.0. The van der Waals surface area contributed by atoms with Crippen LogP contribution in [0.3, 0.4) is 0 Å². The monoisotopic (exact) mass is 233 g/mol. The Hall–Kier alpha value is -0.840. The number of benzene rings is 1. The molecule has 0 aliphatic rings. The van der Waals surface area contributed by atoms with Gasteiger partial charge in [-0.3, -0.25) is 0 Å². The van der Waals surface area contributed by atoms with E-state index in [9.17, 15) is 14.6 Å². The molecular formula is C10H13ClFNO2. The zero-order chi connectivity index (χ0) is 11.4. The van der Waals surface area contributed by atoms with Gasteiger partial charge in [-0.1, -0.05) is 12.1 Å². The molecule has 0 bridgehead atoms. The molecule has 1 rings (SSSR count). The van der Waals surface area contributed by atoms with Crippen LogP contribution in [-0.4, -0.2) is 22.2 Å². The number of alkyl halides is 1. The number of anilines is 1. The van der Waals surface area contributed by atoms with E-state index < -0.39 is 18.0 Å². The van der Waals surface area contributed by atoms with Crippen LogP contribution in [0.2, 0.25) is 0 Å². The number of aliphatic hydroxyl groups is 2. The number of halogens is 2. The molecule has 0 aromatic heterocycles. The molecule has 0 fully saturated rings.